The molecule has 0 radical (unpaired) electrons. The van der Waals surface area contributed by atoms with Crippen LogP contribution in [0.25, 0.3) is 0 Å². The molecule has 1 heteroatoms. The first-order valence-electron chi connectivity index (χ1n) is 6.50. The van der Waals surface area contributed by atoms with Gasteiger partial charge in [-0.1, -0.05) is 46.0 Å². The molecule has 2 atom stereocenters. The zero-order valence-electron chi connectivity index (χ0n) is 9.76. The Labute approximate surface area is 88.7 Å². The molecule has 2 unspecified atom stereocenters. The Balaban J connectivity index is 1.65. The molecule has 0 heterocycles. The van der Waals surface area contributed by atoms with Crippen molar-refractivity contribution in [1.29, 1.82) is 0 Å². The largest absolute Gasteiger partial charge is 0.313 e. The van der Waals surface area contributed by atoms with Crippen molar-refractivity contribution in [2.45, 2.75) is 58.4 Å². The smallest absolute Gasteiger partial charge is 0.0102 e. The fraction of sp³-hybridized carbons (Fsp3) is 1.00. The Bertz CT molecular complexity index is 170. The van der Waals surface area contributed by atoms with Gasteiger partial charge < -0.3 is 5.32 Å². The summed E-state index contributed by atoms with van der Waals surface area (Å²) in [5.74, 6) is 2.94. The van der Waals surface area contributed by atoms with Gasteiger partial charge in [0.25, 0.3) is 0 Å². The Morgan fingerprint density at radius 1 is 1.14 bits per heavy atom. The third-order valence-corrected chi connectivity index (χ3v) is 3.88. The van der Waals surface area contributed by atoms with Crippen LogP contribution < -0.4 is 5.32 Å². The van der Waals surface area contributed by atoms with Gasteiger partial charge in [0.15, 0.2) is 0 Å². The summed E-state index contributed by atoms with van der Waals surface area (Å²) in [6, 6.07) is 0.889. The van der Waals surface area contributed by atoms with Crippen molar-refractivity contribution in [3.63, 3.8) is 0 Å². The molecule has 1 N–H and O–H groups in total. The fourth-order valence-electron chi connectivity index (χ4n) is 2.92. The first-order valence-corrected chi connectivity index (χ1v) is 6.50. The molecule has 0 aromatic carbocycles. The third-order valence-electron chi connectivity index (χ3n) is 3.88. The maximum absolute atomic E-state index is 3.70. The summed E-state index contributed by atoms with van der Waals surface area (Å²) in [7, 11) is 0. The summed E-state index contributed by atoms with van der Waals surface area (Å²) in [6.07, 6.45) is 9.00. The van der Waals surface area contributed by atoms with Gasteiger partial charge >= 0.3 is 0 Å². The van der Waals surface area contributed by atoms with Crippen molar-refractivity contribution >= 4 is 0 Å². The lowest BCUT2D eigenvalue weighted by molar-refractivity contribution is 0.311. The number of rotatable bonds is 4. The lowest BCUT2D eigenvalue weighted by Crippen LogP contribution is -2.25. The van der Waals surface area contributed by atoms with Gasteiger partial charge in [-0.3, -0.25) is 0 Å². The summed E-state index contributed by atoms with van der Waals surface area (Å²) in [5, 5.41) is 3.70. The molecule has 0 spiro atoms. The van der Waals surface area contributed by atoms with Gasteiger partial charge in [-0.05, 0) is 30.7 Å². The predicted molar refractivity (Wildman–Crippen MR) is 61.3 cm³/mol. The summed E-state index contributed by atoms with van der Waals surface area (Å²) in [6.45, 7) is 5.81. The molecule has 82 valence electrons. The van der Waals surface area contributed by atoms with E-state index in [0.717, 1.165) is 23.8 Å². The quantitative estimate of drug-likeness (QED) is 0.726. The first-order chi connectivity index (χ1) is 6.77. The lowest BCUT2D eigenvalue weighted by atomic mass is 9.85. The second kappa shape index (κ2) is 4.65. The van der Waals surface area contributed by atoms with E-state index in [1.54, 1.807) is 0 Å². The summed E-state index contributed by atoms with van der Waals surface area (Å²) in [5.41, 5.74) is 0. The SMILES string of the molecule is CC(C)CNC1CC1C1CCCCC1. The van der Waals surface area contributed by atoms with E-state index in [-0.39, 0.29) is 0 Å². The van der Waals surface area contributed by atoms with Crippen LogP contribution in [0.15, 0.2) is 0 Å². The van der Waals surface area contributed by atoms with E-state index in [1.807, 2.05) is 0 Å². The fourth-order valence-corrected chi connectivity index (χ4v) is 2.92. The van der Waals surface area contributed by atoms with Crippen LogP contribution in [0.5, 0.6) is 0 Å². The number of hydrogen-bond acceptors (Lipinski definition) is 1. The van der Waals surface area contributed by atoms with Crippen LogP contribution in [0.3, 0.4) is 0 Å². The van der Waals surface area contributed by atoms with Crippen molar-refractivity contribution in [2.75, 3.05) is 6.54 Å². The summed E-state index contributed by atoms with van der Waals surface area (Å²) < 4.78 is 0. The van der Waals surface area contributed by atoms with Crippen LogP contribution in [0, 0.1) is 17.8 Å². The maximum Gasteiger partial charge on any atom is 0.0102 e. The van der Waals surface area contributed by atoms with Gasteiger partial charge in [0.05, 0.1) is 0 Å². The highest BCUT2D eigenvalue weighted by Crippen LogP contribution is 2.44. The van der Waals surface area contributed by atoms with E-state index in [9.17, 15) is 0 Å². The van der Waals surface area contributed by atoms with E-state index >= 15 is 0 Å². The topological polar surface area (TPSA) is 12.0 Å². The van der Waals surface area contributed by atoms with Crippen LogP contribution in [-0.4, -0.2) is 12.6 Å². The molecule has 2 saturated carbocycles. The molecule has 0 aliphatic heterocycles. The highest BCUT2D eigenvalue weighted by Gasteiger charge is 2.42. The zero-order valence-corrected chi connectivity index (χ0v) is 9.76. The van der Waals surface area contributed by atoms with Crippen LogP contribution >= 0.6 is 0 Å². The standard InChI is InChI=1S/C13H25N/c1-10(2)9-14-13-8-12(13)11-6-4-3-5-7-11/h10-14H,3-9H2,1-2H3. The maximum atomic E-state index is 3.70. The Morgan fingerprint density at radius 2 is 1.86 bits per heavy atom. The van der Waals surface area contributed by atoms with Crippen molar-refractivity contribution in [3.05, 3.63) is 0 Å². The minimum absolute atomic E-state index is 0.808. The summed E-state index contributed by atoms with van der Waals surface area (Å²) >= 11 is 0. The predicted octanol–water partition coefficient (Wildman–Crippen LogP) is 3.20. The minimum Gasteiger partial charge on any atom is -0.313 e. The number of hydrogen-bond donors (Lipinski definition) is 1. The second-order valence-corrected chi connectivity index (χ2v) is 5.71. The molecule has 14 heavy (non-hydrogen) atoms. The third kappa shape index (κ3) is 2.73. The molecule has 0 aromatic heterocycles. The summed E-state index contributed by atoms with van der Waals surface area (Å²) in [4.78, 5) is 0. The van der Waals surface area contributed by atoms with Gasteiger partial charge in [-0.2, -0.15) is 0 Å². The Hall–Kier alpha value is -0.0400. The van der Waals surface area contributed by atoms with E-state index in [0.29, 0.717) is 0 Å². The minimum atomic E-state index is 0.808. The average molecular weight is 195 g/mol. The molecule has 1 nitrogen and oxygen atoms in total. The molecule has 2 fully saturated rings. The van der Waals surface area contributed by atoms with Gasteiger partial charge in [0.2, 0.25) is 0 Å². The second-order valence-electron chi connectivity index (χ2n) is 5.71. The molecular formula is C13H25N. The van der Waals surface area contributed by atoms with E-state index < -0.39 is 0 Å². The van der Waals surface area contributed by atoms with E-state index in [4.69, 9.17) is 0 Å². The van der Waals surface area contributed by atoms with Crippen molar-refractivity contribution in [3.8, 4) is 0 Å². The van der Waals surface area contributed by atoms with Crippen molar-refractivity contribution in [2.24, 2.45) is 17.8 Å². The Kier molecular flexibility index (Phi) is 3.48. The zero-order chi connectivity index (χ0) is 9.97. The molecule has 0 aromatic rings. The van der Waals surface area contributed by atoms with Crippen molar-refractivity contribution < 1.29 is 0 Å². The Morgan fingerprint density at radius 3 is 2.50 bits per heavy atom. The van der Waals surface area contributed by atoms with E-state index in [2.05, 4.69) is 19.2 Å². The van der Waals surface area contributed by atoms with Gasteiger partial charge in [0.1, 0.15) is 0 Å². The molecule has 0 bridgehead atoms. The molecule has 0 saturated heterocycles. The van der Waals surface area contributed by atoms with Crippen LogP contribution in [0.2, 0.25) is 0 Å². The van der Waals surface area contributed by atoms with Crippen LogP contribution in [-0.2, 0) is 0 Å². The normalized spacial score (nSPS) is 33.6. The highest BCUT2D eigenvalue weighted by molar-refractivity contribution is 4.97. The molecule has 0 amide bonds. The molecular weight excluding hydrogens is 170 g/mol. The van der Waals surface area contributed by atoms with Crippen LogP contribution in [0.4, 0.5) is 0 Å². The lowest BCUT2D eigenvalue weighted by Gasteiger charge is -2.21. The van der Waals surface area contributed by atoms with Gasteiger partial charge in [-0.25, -0.2) is 0 Å². The average Bonchev–Trinajstić information content (AvgIpc) is 2.95. The first kappa shape index (κ1) is 10.5. The van der Waals surface area contributed by atoms with Gasteiger partial charge in [0, 0.05) is 6.04 Å². The monoisotopic (exact) mass is 195 g/mol. The highest BCUT2D eigenvalue weighted by atomic mass is 15.0. The number of nitrogens with one attached hydrogen (secondary N) is 1. The molecule has 2 aliphatic rings. The van der Waals surface area contributed by atoms with Gasteiger partial charge in [-0.15, -0.1) is 0 Å². The van der Waals surface area contributed by atoms with Crippen molar-refractivity contribution in [1.82, 2.24) is 5.32 Å². The van der Waals surface area contributed by atoms with E-state index in [1.165, 1.54) is 45.1 Å². The molecule has 2 aliphatic carbocycles. The van der Waals surface area contributed by atoms with Crippen LogP contribution in [0.1, 0.15) is 52.4 Å². The molecule has 2 rings (SSSR count).